The van der Waals surface area contributed by atoms with E-state index in [0.717, 1.165) is 27.7 Å². The van der Waals surface area contributed by atoms with Gasteiger partial charge in [-0.3, -0.25) is 0 Å². The highest BCUT2D eigenvalue weighted by molar-refractivity contribution is 9.10. The fraction of sp³-hybridized carbons (Fsp3) is 0.375. The van der Waals surface area contributed by atoms with Crippen molar-refractivity contribution in [3.63, 3.8) is 0 Å². The molecule has 2 aromatic rings. The maximum atomic E-state index is 5.64. The Morgan fingerprint density at radius 3 is 2.52 bits per heavy atom. The molecule has 1 fully saturated rings. The zero-order valence-electron chi connectivity index (χ0n) is 12.1. The lowest BCUT2D eigenvalue weighted by molar-refractivity contribution is 0.242. The van der Waals surface area contributed by atoms with Crippen molar-refractivity contribution in [3.05, 3.63) is 40.8 Å². The molecule has 1 saturated carbocycles. The topological polar surface area (TPSA) is 47.0 Å². The molecule has 0 unspecified atom stereocenters. The molecule has 1 aromatic carbocycles. The summed E-state index contributed by atoms with van der Waals surface area (Å²) < 4.78 is 6.46. The smallest absolute Gasteiger partial charge is 0.135 e. The Morgan fingerprint density at radius 1 is 1.19 bits per heavy atom. The van der Waals surface area contributed by atoms with Crippen molar-refractivity contribution in [2.45, 2.75) is 38.7 Å². The van der Waals surface area contributed by atoms with E-state index in [-0.39, 0.29) is 6.10 Å². The molecule has 21 heavy (non-hydrogen) atoms. The van der Waals surface area contributed by atoms with E-state index in [1.807, 2.05) is 44.2 Å². The summed E-state index contributed by atoms with van der Waals surface area (Å²) in [5.74, 6) is 3.14. The summed E-state index contributed by atoms with van der Waals surface area (Å²) in [7, 11) is 0. The number of hydrogen-bond donors (Lipinski definition) is 1. The van der Waals surface area contributed by atoms with Crippen molar-refractivity contribution in [1.82, 2.24) is 9.97 Å². The van der Waals surface area contributed by atoms with E-state index >= 15 is 0 Å². The van der Waals surface area contributed by atoms with Crippen LogP contribution in [0.1, 0.15) is 38.4 Å². The zero-order chi connectivity index (χ0) is 14.8. The van der Waals surface area contributed by atoms with Gasteiger partial charge in [0.05, 0.1) is 6.10 Å². The van der Waals surface area contributed by atoms with Crippen LogP contribution in [0.25, 0.3) is 0 Å². The SMILES string of the molecule is CC(C)Oc1ccc(Nc2cc(Br)nc(C3CC3)n2)cc1. The van der Waals surface area contributed by atoms with Crippen LogP contribution in [0.3, 0.4) is 0 Å². The maximum Gasteiger partial charge on any atom is 0.135 e. The highest BCUT2D eigenvalue weighted by atomic mass is 79.9. The molecule has 0 atom stereocenters. The maximum absolute atomic E-state index is 5.64. The third kappa shape index (κ3) is 3.94. The molecule has 3 rings (SSSR count). The predicted molar refractivity (Wildman–Crippen MR) is 87.2 cm³/mol. The molecule has 0 radical (unpaired) electrons. The highest BCUT2D eigenvalue weighted by Crippen LogP contribution is 2.39. The number of halogens is 1. The number of hydrogen-bond acceptors (Lipinski definition) is 4. The molecule has 0 bridgehead atoms. The second kappa shape index (κ2) is 6.02. The molecule has 0 aliphatic heterocycles. The van der Waals surface area contributed by atoms with Gasteiger partial charge >= 0.3 is 0 Å². The van der Waals surface area contributed by atoms with Crippen LogP contribution in [-0.4, -0.2) is 16.1 Å². The summed E-state index contributed by atoms with van der Waals surface area (Å²) in [6.45, 7) is 4.04. The Balaban J connectivity index is 1.73. The van der Waals surface area contributed by atoms with Crippen LogP contribution >= 0.6 is 15.9 Å². The Hall–Kier alpha value is -1.62. The Labute approximate surface area is 133 Å². The van der Waals surface area contributed by atoms with Gasteiger partial charge in [-0.05, 0) is 66.9 Å². The first-order chi connectivity index (χ1) is 10.1. The van der Waals surface area contributed by atoms with Crippen LogP contribution in [0.2, 0.25) is 0 Å². The molecular formula is C16H18BrN3O. The third-order valence-electron chi connectivity index (χ3n) is 3.15. The molecule has 0 saturated heterocycles. The fourth-order valence-electron chi connectivity index (χ4n) is 2.06. The molecule has 0 amide bonds. The van der Waals surface area contributed by atoms with Gasteiger partial charge in [-0.15, -0.1) is 0 Å². The fourth-order valence-corrected chi connectivity index (χ4v) is 2.46. The normalized spacial score (nSPS) is 14.3. The first-order valence-electron chi connectivity index (χ1n) is 7.18. The van der Waals surface area contributed by atoms with Crippen LogP contribution in [0.15, 0.2) is 34.9 Å². The highest BCUT2D eigenvalue weighted by Gasteiger charge is 2.27. The average molecular weight is 348 g/mol. The van der Waals surface area contributed by atoms with Gasteiger partial charge in [-0.1, -0.05) is 0 Å². The summed E-state index contributed by atoms with van der Waals surface area (Å²) in [5.41, 5.74) is 0.985. The lowest BCUT2D eigenvalue weighted by atomic mass is 10.3. The number of anilines is 2. The molecule has 1 aromatic heterocycles. The summed E-state index contributed by atoms with van der Waals surface area (Å²) >= 11 is 3.45. The Kier molecular flexibility index (Phi) is 4.10. The van der Waals surface area contributed by atoms with Gasteiger partial charge in [0.15, 0.2) is 0 Å². The molecule has 1 N–H and O–H groups in total. The summed E-state index contributed by atoms with van der Waals surface area (Å²) in [4.78, 5) is 9.01. The van der Waals surface area contributed by atoms with Crippen LogP contribution in [-0.2, 0) is 0 Å². The average Bonchev–Trinajstić information content (AvgIpc) is 3.24. The van der Waals surface area contributed by atoms with E-state index in [1.165, 1.54) is 12.8 Å². The second-order valence-electron chi connectivity index (χ2n) is 5.52. The first kappa shape index (κ1) is 14.3. The van der Waals surface area contributed by atoms with E-state index in [1.54, 1.807) is 0 Å². The molecule has 0 spiro atoms. The van der Waals surface area contributed by atoms with E-state index in [2.05, 4.69) is 31.2 Å². The van der Waals surface area contributed by atoms with Crippen LogP contribution in [0.5, 0.6) is 5.75 Å². The van der Waals surface area contributed by atoms with E-state index < -0.39 is 0 Å². The monoisotopic (exact) mass is 347 g/mol. The summed E-state index contributed by atoms with van der Waals surface area (Å²) in [5, 5.41) is 3.31. The van der Waals surface area contributed by atoms with Crippen LogP contribution in [0.4, 0.5) is 11.5 Å². The number of nitrogens with one attached hydrogen (secondary N) is 1. The van der Waals surface area contributed by atoms with Crippen molar-refractivity contribution in [2.75, 3.05) is 5.32 Å². The van der Waals surface area contributed by atoms with E-state index in [4.69, 9.17) is 4.74 Å². The van der Waals surface area contributed by atoms with Gasteiger partial charge in [0.1, 0.15) is 22.0 Å². The number of rotatable bonds is 5. The lowest BCUT2D eigenvalue weighted by Crippen LogP contribution is -2.05. The van der Waals surface area contributed by atoms with Crippen molar-refractivity contribution in [3.8, 4) is 5.75 Å². The quantitative estimate of drug-likeness (QED) is 0.799. The van der Waals surface area contributed by atoms with Crippen molar-refractivity contribution < 1.29 is 4.74 Å². The predicted octanol–water partition coefficient (Wildman–Crippen LogP) is 4.65. The van der Waals surface area contributed by atoms with Crippen LogP contribution in [0, 0.1) is 0 Å². The van der Waals surface area contributed by atoms with E-state index in [9.17, 15) is 0 Å². The largest absolute Gasteiger partial charge is 0.491 e. The number of nitrogens with zero attached hydrogens (tertiary/aromatic N) is 2. The molecule has 1 aliphatic carbocycles. The van der Waals surface area contributed by atoms with Crippen molar-refractivity contribution in [1.29, 1.82) is 0 Å². The molecule has 110 valence electrons. The molecule has 4 nitrogen and oxygen atoms in total. The lowest BCUT2D eigenvalue weighted by Gasteiger charge is -2.11. The standard InChI is InChI=1S/C16H18BrN3O/c1-10(2)21-13-7-5-12(6-8-13)18-15-9-14(17)19-16(20-15)11-3-4-11/h5-11H,3-4H2,1-2H3,(H,18,19,20). The Bertz CT molecular complexity index is 624. The second-order valence-corrected chi connectivity index (χ2v) is 6.34. The van der Waals surface area contributed by atoms with Gasteiger partial charge in [0.25, 0.3) is 0 Å². The van der Waals surface area contributed by atoms with Crippen molar-refractivity contribution in [2.24, 2.45) is 0 Å². The zero-order valence-corrected chi connectivity index (χ0v) is 13.7. The van der Waals surface area contributed by atoms with Crippen molar-refractivity contribution >= 4 is 27.4 Å². The Morgan fingerprint density at radius 2 is 1.90 bits per heavy atom. The van der Waals surface area contributed by atoms with Gasteiger partial charge in [0.2, 0.25) is 0 Å². The van der Waals surface area contributed by atoms with Gasteiger partial charge < -0.3 is 10.1 Å². The van der Waals surface area contributed by atoms with Gasteiger partial charge in [-0.25, -0.2) is 9.97 Å². The molecule has 1 aliphatic rings. The number of ether oxygens (including phenoxy) is 1. The minimum Gasteiger partial charge on any atom is -0.491 e. The van der Waals surface area contributed by atoms with E-state index in [0.29, 0.717) is 5.92 Å². The number of aromatic nitrogens is 2. The first-order valence-corrected chi connectivity index (χ1v) is 7.97. The van der Waals surface area contributed by atoms with Crippen LogP contribution < -0.4 is 10.1 Å². The van der Waals surface area contributed by atoms with Gasteiger partial charge in [-0.2, -0.15) is 0 Å². The summed E-state index contributed by atoms with van der Waals surface area (Å²) in [6.07, 6.45) is 2.57. The molecule has 1 heterocycles. The van der Waals surface area contributed by atoms with Gasteiger partial charge in [0, 0.05) is 17.7 Å². The number of benzene rings is 1. The summed E-state index contributed by atoms with van der Waals surface area (Å²) in [6, 6.07) is 9.79. The molecule has 5 heteroatoms. The minimum absolute atomic E-state index is 0.183. The minimum atomic E-state index is 0.183. The third-order valence-corrected chi connectivity index (χ3v) is 3.56. The molecular weight excluding hydrogens is 330 g/mol.